The minimum absolute atomic E-state index is 0.0405. The number of amides is 3. The van der Waals surface area contributed by atoms with Crippen LogP contribution in [0.4, 0.5) is 42.5 Å². The lowest BCUT2D eigenvalue weighted by Gasteiger charge is -2.15. The molecule has 0 atom stereocenters. The average Bonchev–Trinajstić information content (AvgIpc) is 2.77. The van der Waals surface area contributed by atoms with Gasteiger partial charge in [0.15, 0.2) is 0 Å². The summed E-state index contributed by atoms with van der Waals surface area (Å²) in [5.41, 5.74) is -2.59. The number of halogens is 6. The highest BCUT2D eigenvalue weighted by Crippen LogP contribution is 2.37. The second kappa shape index (κ2) is 9.81. The van der Waals surface area contributed by atoms with Crippen LogP contribution in [0.25, 0.3) is 0 Å². The van der Waals surface area contributed by atoms with Gasteiger partial charge in [-0.15, -0.1) is 0 Å². The average molecular weight is 482 g/mol. The molecule has 0 fully saturated rings. The number of carbonyl (C=O) groups is 2. The molecule has 12 heteroatoms. The summed E-state index contributed by atoms with van der Waals surface area (Å²) in [5, 5.41) is 6.91. The second-order valence-corrected chi connectivity index (χ2v) is 6.99. The van der Waals surface area contributed by atoms with Crippen LogP contribution in [0.5, 0.6) is 0 Å². The van der Waals surface area contributed by atoms with Crippen molar-refractivity contribution in [3.05, 3.63) is 89.2 Å². The van der Waals surface area contributed by atoms with E-state index in [-0.39, 0.29) is 23.9 Å². The highest BCUT2D eigenvalue weighted by Gasteiger charge is 2.37. The zero-order valence-electron chi connectivity index (χ0n) is 17.1. The maximum Gasteiger partial charge on any atom is 0.416 e. The molecule has 34 heavy (non-hydrogen) atoms. The molecule has 0 radical (unpaired) electrons. The van der Waals surface area contributed by atoms with Crippen molar-refractivity contribution in [2.45, 2.75) is 18.9 Å². The SMILES string of the molecule is O=C(Nc1ccc(C(=O)NCc2cccnc2)cc1)Nc1cc(C(F)(F)F)cc(C(F)(F)F)c1. The minimum Gasteiger partial charge on any atom is -0.348 e. The third kappa shape index (κ3) is 6.70. The maximum absolute atomic E-state index is 12.9. The zero-order valence-corrected chi connectivity index (χ0v) is 17.1. The first-order valence-electron chi connectivity index (χ1n) is 9.56. The van der Waals surface area contributed by atoms with E-state index in [2.05, 4.69) is 15.6 Å². The molecule has 3 N–H and O–H groups in total. The Morgan fingerprint density at radius 2 is 1.38 bits per heavy atom. The Balaban J connectivity index is 1.64. The van der Waals surface area contributed by atoms with Crippen molar-refractivity contribution in [1.29, 1.82) is 0 Å². The molecule has 0 saturated heterocycles. The number of nitrogens with one attached hydrogen (secondary N) is 3. The van der Waals surface area contributed by atoms with E-state index < -0.39 is 41.1 Å². The van der Waals surface area contributed by atoms with E-state index in [1.807, 2.05) is 5.32 Å². The Morgan fingerprint density at radius 1 is 0.794 bits per heavy atom. The van der Waals surface area contributed by atoms with Gasteiger partial charge < -0.3 is 16.0 Å². The summed E-state index contributed by atoms with van der Waals surface area (Å²) >= 11 is 0. The number of hydrogen-bond acceptors (Lipinski definition) is 3. The number of carbonyl (C=O) groups excluding carboxylic acids is 2. The molecule has 0 unspecified atom stereocenters. The molecule has 0 aliphatic heterocycles. The lowest BCUT2D eigenvalue weighted by atomic mass is 10.1. The van der Waals surface area contributed by atoms with Crippen molar-refractivity contribution in [1.82, 2.24) is 10.3 Å². The molecule has 0 bridgehead atoms. The first-order valence-corrected chi connectivity index (χ1v) is 9.56. The van der Waals surface area contributed by atoms with Crippen LogP contribution in [0.15, 0.2) is 67.0 Å². The van der Waals surface area contributed by atoms with Crippen molar-refractivity contribution in [3.63, 3.8) is 0 Å². The van der Waals surface area contributed by atoms with Crippen molar-refractivity contribution in [2.75, 3.05) is 10.6 Å². The molecule has 3 aromatic rings. The fourth-order valence-corrected chi connectivity index (χ4v) is 2.81. The van der Waals surface area contributed by atoms with Crippen LogP contribution in [0.2, 0.25) is 0 Å². The van der Waals surface area contributed by atoms with Gasteiger partial charge in [-0.05, 0) is 54.1 Å². The number of alkyl halides is 6. The zero-order chi connectivity index (χ0) is 24.9. The van der Waals surface area contributed by atoms with E-state index in [0.29, 0.717) is 12.1 Å². The van der Waals surface area contributed by atoms with Gasteiger partial charge in [0.25, 0.3) is 5.91 Å². The number of rotatable bonds is 5. The first kappa shape index (κ1) is 24.6. The molecule has 3 rings (SSSR count). The largest absolute Gasteiger partial charge is 0.416 e. The quantitative estimate of drug-likeness (QED) is 0.409. The smallest absolute Gasteiger partial charge is 0.348 e. The molecule has 3 amide bonds. The highest BCUT2D eigenvalue weighted by atomic mass is 19.4. The van der Waals surface area contributed by atoms with Crippen molar-refractivity contribution >= 4 is 23.3 Å². The van der Waals surface area contributed by atoms with Crippen molar-refractivity contribution in [3.8, 4) is 0 Å². The van der Waals surface area contributed by atoms with E-state index in [1.54, 1.807) is 24.5 Å². The van der Waals surface area contributed by atoms with Crippen LogP contribution < -0.4 is 16.0 Å². The van der Waals surface area contributed by atoms with Gasteiger partial charge in [-0.1, -0.05) is 6.07 Å². The summed E-state index contributed by atoms with van der Waals surface area (Å²) in [6.45, 7) is 0.242. The molecule has 0 saturated carbocycles. The molecule has 0 spiro atoms. The summed E-state index contributed by atoms with van der Waals surface area (Å²) < 4.78 is 77.7. The topological polar surface area (TPSA) is 83.1 Å². The molecule has 1 aromatic heterocycles. The van der Waals surface area contributed by atoms with Gasteiger partial charge in [0.2, 0.25) is 0 Å². The Hall–Kier alpha value is -4.09. The van der Waals surface area contributed by atoms with Crippen LogP contribution >= 0.6 is 0 Å². The Labute approximate surface area is 189 Å². The van der Waals surface area contributed by atoms with E-state index in [0.717, 1.165) is 5.56 Å². The minimum atomic E-state index is -5.04. The van der Waals surface area contributed by atoms with Gasteiger partial charge in [-0.25, -0.2) is 4.79 Å². The Morgan fingerprint density at radius 3 is 1.91 bits per heavy atom. The molecule has 0 aliphatic carbocycles. The van der Waals surface area contributed by atoms with Crippen LogP contribution in [0, 0.1) is 0 Å². The van der Waals surface area contributed by atoms with E-state index in [4.69, 9.17) is 0 Å². The van der Waals surface area contributed by atoms with Crippen LogP contribution in [-0.4, -0.2) is 16.9 Å². The van der Waals surface area contributed by atoms with Crippen LogP contribution in [0.1, 0.15) is 27.0 Å². The predicted molar refractivity (Wildman–Crippen MR) is 111 cm³/mol. The molecule has 178 valence electrons. The van der Waals surface area contributed by atoms with Crippen molar-refractivity contribution < 1.29 is 35.9 Å². The number of aromatic nitrogens is 1. The maximum atomic E-state index is 12.9. The van der Waals surface area contributed by atoms with Gasteiger partial charge in [0, 0.05) is 35.9 Å². The van der Waals surface area contributed by atoms with E-state index in [1.165, 1.54) is 24.3 Å². The monoisotopic (exact) mass is 482 g/mol. The third-order valence-electron chi connectivity index (χ3n) is 4.43. The fraction of sp³-hybridized carbons (Fsp3) is 0.136. The molecular weight excluding hydrogens is 466 g/mol. The summed E-state index contributed by atoms with van der Waals surface area (Å²) in [6.07, 6.45) is -6.90. The third-order valence-corrected chi connectivity index (χ3v) is 4.43. The van der Waals surface area contributed by atoms with Crippen LogP contribution in [0.3, 0.4) is 0 Å². The lowest BCUT2D eigenvalue weighted by Crippen LogP contribution is -2.23. The normalized spacial score (nSPS) is 11.6. The molecular formula is C22H16F6N4O2. The lowest BCUT2D eigenvalue weighted by molar-refractivity contribution is -0.143. The fourth-order valence-electron chi connectivity index (χ4n) is 2.81. The van der Waals surface area contributed by atoms with Gasteiger partial charge in [0.05, 0.1) is 11.1 Å². The Bertz CT molecular complexity index is 1130. The van der Waals surface area contributed by atoms with Gasteiger partial charge >= 0.3 is 18.4 Å². The second-order valence-electron chi connectivity index (χ2n) is 6.99. The Kier molecular flexibility index (Phi) is 7.08. The van der Waals surface area contributed by atoms with Crippen LogP contribution in [-0.2, 0) is 18.9 Å². The summed E-state index contributed by atoms with van der Waals surface area (Å²) in [6, 6.07) is 8.66. The number of nitrogens with zero attached hydrogens (tertiary/aromatic N) is 1. The highest BCUT2D eigenvalue weighted by molar-refractivity contribution is 6.00. The molecule has 0 aliphatic rings. The van der Waals surface area contributed by atoms with E-state index in [9.17, 15) is 35.9 Å². The van der Waals surface area contributed by atoms with Gasteiger partial charge in [-0.3, -0.25) is 9.78 Å². The molecule has 1 heterocycles. The standard InChI is InChI=1S/C22H16F6N4O2/c23-21(24,25)15-8-16(22(26,27)28)10-18(9-15)32-20(34)31-17-5-3-14(4-6-17)19(33)30-12-13-2-1-7-29-11-13/h1-11H,12H2,(H,30,33)(H2,31,32,34). The van der Waals surface area contributed by atoms with Gasteiger partial charge in [0.1, 0.15) is 0 Å². The molecule has 6 nitrogen and oxygen atoms in total. The van der Waals surface area contributed by atoms with Gasteiger partial charge in [-0.2, -0.15) is 26.3 Å². The first-order chi connectivity index (χ1) is 15.9. The number of hydrogen-bond donors (Lipinski definition) is 3. The van der Waals surface area contributed by atoms with Crippen molar-refractivity contribution in [2.24, 2.45) is 0 Å². The number of pyridine rings is 1. The predicted octanol–water partition coefficient (Wildman–Crippen LogP) is 5.69. The summed E-state index contributed by atoms with van der Waals surface area (Å²) in [5.74, 6) is -0.400. The number of urea groups is 1. The summed E-state index contributed by atoms with van der Waals surface area (Å²) in [4.78, 5) is 28.2. The summed E-state index contributed by atoms with van der Waals surface area (Å²) in [7, 11) is 0. The van der Waals surface area contributed by atoms with E-state index >= 15 is 0 Å². The number of anilines is 2. The number of benzene rings is 2. The molecule has 2 aromatic carbocycles.